The fourth-order valence-electron chi connectivity index (χ4n) is 2.25. The van der Waals surface area contributed by atoms with Gasteiger partial charge in [0.1, 0.15) is 5.82 Å². The van der Waals surface area contributed by atoms with Crippen molar-refractivity contribution in [2.75, 3.05) is 18.4 Å². The lowest BCUT2D eigenvalue weighted by Gasteiger charge is -2.13. The number of carbonyl (C=O) groups excluding carboxylic acids is 2. The van der Waals surface area contributed by atoms with Crippen LogP contribution in [0.2, 0.25) is 0 Å². The molecule has 0 aliphatic carbocycles. The first kappa shape index (κ1) is 20.9. The van der Waals surface area contributed by atoms with E-state index in [0.717, 1.165) is 10.5 Å². The second-order valence-corrected chi connectivity index (χ2v) is 6.52. The van der Waals surface area contributed by atoms with Gasteiger partial charge in [0.15, 0.2) is 5.78 Å². The standard InChI is InChI=1S/C18H17BrF3N3O2/c19-13-5-3-12(4-6-13)15(26)7-8-16(27)23-10-11-25-17-14(18(20,21)22)2-1-9-24-17/h1-6,9H,7-8,10-11H2,(H,23,27)(H,24,25). The monoisotopic (exact) mass is 443 g/mol. The highest BCUT2D eigenvalue weighted by Gasteiger charge is 2.33. The zero-order valence-electron chi connectivity index (χ0n) is 14.1. The van der Waals surface area contributed by atoms with Crippen LogP contribution in [0.15, 0.2) is 47.1 Å². The lowest BCUT2D eigenvalue weighted by atomic mass is 10.1. The molecule has 5 nitrogen and oxygen atoms in total. The van der Waals surface area contributed by atoms with Crippen LogP contribution < -0.4 is 10.6 Å². The molecule has 0 aliphatic rings. The summed E-state index contributed by atoms with van der Waals surface area (Å²) in [4.78, 5) is 27.4. The summed E-state index contributed by atoms with van der Waals surface area (Å²) in [5, 5.41) is 5.11. The van der Waals surface area contributed by atoms with Gasteiger partial charge in [-0.2, -0.15) is 13.2 Å². The van der Waals surface area contributed by atoms with Gasteiger partial charge in [-0.15, -0.1) is 0 Å². The smallest absolute Gasteiger partial charge is 0.368 e. The molecule has 0 atom stereocenters. The summed E-state index contributed by atoms with van der Waals surface area (Å²) in [6, 6.07) is 8.95. The molecular formula is C18H17BrF3N3O2. The zero-order valence-corrected chi connectivity index (χ0v) is 15.7. The van der Waals surface area contributed by atoms with Crippen molar-refractivity contribution in [1.29, 1.82) is 0 Å². The van der Waals surface area contributed by atoms with Crippen molar-refractivity contribution < 1.29 is 22.8 Å². The number of rotatable bonds is 8. The number of pyridine rings is 1. The van der Waals surface area contributed by atoms with Gasteiger partial charge in [0.25, 0.3) is 0 Å². The van der Waals surface area contributed by atoms with Crippen LogP contribution in [0.3, 0.4) is 0 Å². The van der Waals surface area contributed by atoms with Gasteiger partial charge in [-0.05, 0) is 24.3 Å². The van der Waals surface area contributed by atoms with Crippen molar-refractivity contribution in [3.05, 3.63) is 58.2 Å². The third-order valence-electron chi connectivity index (χ3n) is 3.60. The Labute approximate surface area is 162 Å². The normalized spacial score (nSPS) is 11.1. The second kappa shape index (κ2) is 9.50. The van der Waals surface area contributed by atoms with Gasteiger partial charge in [0.2, 0.25) is 5.91 Å². The average Bonchev–Trinajstić information content (AvgIpc) is 2.63. The molecule has 1 heterocycles. The van der Waals surface area contributed by atoms with E-state index in [1.807, 2.05) is 0 Å². The molecule has 0 aliphatic heterocycles. The molecule has 1 amide bonds. The van der Waals surface area contributed by atoms with Gasteiger partial charge < -0.3 is 10.6 Å². The van der Waals surface area contributed by atoms with E-state index in [0.29, 0.717) is 5.56 Å². The summed E-state index contributed by atoms with van der Waals surface area (Å²) >= 11 is 3.28. The number of alkyl halides is 3. The highest BCUT2D eigenvalue weighted by molar-refractivity contribution is 9.10. The van der Waals surface area contributed by atoms with Crippen LogP contribution in [-0.2, 0) is 11.0 Å². The third kappa shape index (κ3) is 6.67. The lowest BCUT2D eigenvalue weighted by molar-refractivity contribution is -0.137. The molecule has 2 rings (SSSR count). The average molecular weight is 444 g/mol. The molecule has 2 N–H and O–H groups in total. The Hall–Kier alpha value is -2.42. The molecule has 1 aromatic carbocycles. The van der Waals surface area contributed by atoms with E-state index in [-0.39, 0.29) is 43.4 Å². The number of hydrogen-bond acceptors (Lipinski definition) is 4. The molecule has 144 valence electrons. The maximum absolute atomic E-state index is 12.8. The summed E-state index contributed by atoms with van der Waals surface area (Å²) in [5.74, 6) is -0.789. The minimum Gasteiger partial charge on any atom is -0.368 e. The van der Waals surface area contributed by atoms with Crippen LogP contribution in [0.4, 0.5) is 19.0 Å². The van der Waals surface area contributed by atoms with E-state index in [1.165, 1.54) is 12.3 Å². The number of benzene rings is 1. The fourth-order valence-corrected chi connectivity index (χ4v) is 2.52. The van der Waals surface area contributed by atoms with Gasteiger partial charge in [0, 0.05) is 42.2 Å². The topological polar surface area (TPSA) is 71.1 Å². The maximum Gasteiger partial charge on any atom is 0.419 e. The SMILES string of the molecule is O=C(CCC(=O)c1ccc(Br)cc1)NCCNc1ncccc1C(F)(F)F. The van der Waals surface area contributed by atoms with Crippen molar-refractivity contribution in [3.63, 3.8) is 0 Å². The first-order valence-electron chi connectivity index (χ1n) is 8.09. The predicted octanol–water partition coefficient (Wildman–Crippen LogP) is 4.05. The number of hydrogen-bond donors (Lipinski definition) is 2. The summed E-state index contributed by atoms with van der Waals surface area (Å²) in [6.45, 7) is 0.186. The quantitative estimate of drug-likeness (QED) is 0.476. The molecule has 0 saturated carbocycles. The van der Waals surface area contributed by atoms with Crippen LogP contribution in [0.5, 0.6) is 0 Å². The highest BCUT2D eigenvalue weighted by atomic mass is 79.9. The first-order chi connectivity index (χ1) is 12.8. The molecule has 0 spiro atoms. The predicted molar refractivity (Wildman–Crippen MR) is 98.4 cm³/mol. The van der Waals surface area contributed by atoms with Crippen LogP contribution in [0.1, 0.15) is 28.8 Å². The van der Waals surface area contributed by atoms with E-state index < -0.39 is 11.7 Å². The van der Waals surface area contributed by atoms with Crippen molar-refractivity contribution in [3.8, 4) is 0 Å². The molecule has 0 saturated heterocycles. The number of ketones is 1. The van der Waals surface area contributed by atoms with Gasteiger partial charge in [-0.25, -0.2) is 4.98 Å². The number of halogens is 4. The molecule has 0 fully saturated rings. The number of amides is 1. The Bertz CT molecular complexity index is 795. The van der Waals surface area contributed by atoms with E-state index >= 15 is 0 Å². The zero-order chi connectivity index (χ0) is 19.9. The molecule has 1 aromatic heterocycles. The number of aromatic nitrogens is 1. The number of nitrogens with one attached hydrogen (secondary N) is 2. The Morgan fingerprint density at radius 3 is 2.41 bits per heavy atom. The largest absolute Gasteiger partial charge is 0.419 e. The lowest BCUT2D eigenvalue weighted by Crippen LogP contribution is -2.29. The number of carbonyl (C=O) groups is 2. The fraction of sp³-hybridized carbons (Fsp3) is 0.278. The van der Waals surface area contributed by atoms with E-state index in [2.05, 4.69) is 31.5 Å². The first-order valence-corrected chi connectivity index (χ1v) is 8.88. The van der Waals surface area contributed by atoms with Crippen molar-refractivity contribution in [1.82, 2.24) is 10.3 Å². The van der Waals surface area contributed by atoms with E-state index in [1.54, 1.807) is 24.3 Å². The summed E-state index contributed by atoms with van der Waals surface area (Å²) < 4.78 is 39.4. The Kier molecular flexibility index (Phi) is 7.35. The van der Waals surface area contributed by atoms with Crippen LogP contribution >= 0.6 is 15.9 Å². The highest BCUT2D eigenvalue weighted by Crippen LogP contribution is 2.33. The van der Waals surface area contributed by atoms with Crippen LogP contribution in [-0.4, -0.2) is 29.8 Å². The van der Waals surface area contributed by atoms with Gasteiger partial charge in [0.05, 0.1) is 5.56 Å². The van der Waals surface area contributed by atoms with Crippen molar-refractivity contribution in [2.24, 2.45) is 0 Å². The minimum absolute atomic E-state index is 0.00624. The number of Topliss-reactive ketones (excluding diaryl/α,β-unsaturated/α-hetero) is 1. The number of anilines is 1. The minimum atomic E-state index is -4.51. The molecular weight excluding hydrogens is 427 g/mol. The Morgan fingerprint density at radius 1 is 1.04 bits per heavy atom. The van der Waals surface area contributed by atoms with Crippen molar-refractivity contribution in [2.45, 2.75) is 19.0 Å². The van der Waals surface area contributed by atoms with Crippen molar-refractivity contribution >= 4 is 33.4 Å². The van der Waals surface area contributed by atoms with Gasteiger partial charge in [-0.3, -0.25) is 9.59 Å². The van der Waals surface area contributed by atoms with Crippen LogP contribution in [0, 0.1) is 0 Å². The van der Waals surface area contributed by atoms with Gasteiger partial charge in [-0.1, -0.05) is 28.1 Å². The molecule has 27 heavy (non-hydrogen) atoms. The summed E-state index contributed by atoms with van der Waals surface area (Å²) in [6.07, 6.45) is -3.19. The third-order valence-corrected chi connectivity index (χ3v) is 4.13. The van der Waals surface area contributed by atoms with Gasteiger partial charge >= 0.3 is 6.18 Å². The molecule has 2 aromatic rings. The molecule has 0 radical (unpaired) electrons. The number of nitrogens with zero attached hydrogens (tertiary/aromatic N) is 1. The van der Waals surface area contributed by atoms with Crippen LogP contribution in [0.25, 0.3) is 0 Å². The molecule has 9 heteroatoms. The molecule has 0 unspecified atom stereocenters. The van der Waals surface area contributed by atoms with E-state index in [4.69, 9.17) is 0 Å². The maximum atomic E-state index is 12.8. The Morgan fingerprint density at radius 2 is 1.74 bits per heavy atom. The Balaban J connectivity index is 1.72. The summed E-state index contributed by atoms with van der Waals surface area (Å²) in [7, 11) is 0. The second-order valence-electron chi connectivity index (χ2n) is 5.60. The van der Waals surface area contributed by atoms with E-state index in [9.17, 15) is 22.8 Å². The molecule has 0 bridgehead atoms. The summed E-state index contributed by atoms with van der Waals surface area (Å²) in [5.41, 5.74) is -0.348.